The first-order chi connectivity index (χ1) is 22.4. The fourth-order valence-electron chi connectivity index (χ4n) is 3.55. The van der Waals surface area contributed by atoms with Crippen LogP contribution in [-0.2, 0) is 86.8 Å². The summed E-state index contributed by atoms with van der Waals surface area (Å²) >= 11 is 0. The minimum Gasteiger partial charge on any atom is -0.481 e. The number of benzene rings is 1. The molecule has 0 saturated heterocycles. The van der Waals surface area contributed by atoms with E-state index in [4.69, 9.17) is 9.90 Å². The number of hydrogen-bond acceptors (Lipinski definition) is 2. The van der Waals surface area contributed by atoms with Crippen molar-refractivity contribution in [1.29, 1.82) is 0 Å². The Kier molecular flexibility index (Phi) is 35.4. The van der Waals surface area contributed by atoms with Gasteiger partial charge in [0.05, 0.1) is 42.3 Å². The van der Waals surface area contributed by atoms with E-state index >= 15 is 0 Å². The smallest absolute Gasteiger partial charge is 0.300 e. The van der Waals surface area contributed by atoms with Gasteiger partial charge in [0.15, 0.2) is 0 Å². The van der Waals surface area contributed by atoms with E-state index in [1.54, 1.807) is 6.20 Å². The summed E-state index contributed by atoms with van der Waals surface area (Å²) in [5, 5.41) is 7.42. The normalized spacial score (nSPS) is 8.54. The summed E-state index contributed by atoms with van der Waals surface area (Å²) in [4.78, 5) is 13.0. The zero-order valence-electron chi connectivity index (χ0n) is 34.3. The first-order valence-corrected chi connectivity index (χ1v) is 16.4. The first-order valence-electron chi connectivity index (χ1n) is 16.4. The number of hydrogen-bond donors (Lipinski definition) is 1. The van der Waals surface area contributed by atoms with Gasteiger partial charge in [-0.2, -0.15) is 35.9 Å². The first kappa shape index (κ1) is 56.0. The molecule has 1 radical (unpaired) electrons. The maximum Gasteiger partial charge on any atom is 0.300 e. The van der Waals surface area contributed by atoms with Crippen LogP contribution < -0.4 is 13.7 Å². The number of aromatic nitrogens is 8. The van der Waals surface area contributed by atoms with Crippen LogP contribution in [0.3, 0.4) is 0 Å². The molecule has 4 aromatic heterocycles. The van der Waals surface area contributed by atoms with Crippen molar-refractivity contribution in [3.05, 3.63) is 108 Å². The average Bonchev–Trinajstić information content (AvgIpc) is 3.73. The molecule has 0 amide bonds. The van der Waals surface area contributed by atoms with Crippen LogP contribution >= 0.6 is 0 Å². The monoisotopic (exact) mass is 773 g/mol. The van der Waals surface area contributed by atoms with Gasteiger partial charge < -0.3 is 9.67 Å². The summed E-state index contributed by atoms with van der Waals surface area (Å²) in [6, 6.07) is 10.8. The number of imidazole rings is 4. The van der Waals surface area contributed by atoms with Crippen LogP contribution in [0.15, 0.2) is 61.6 Å². The van der Waals surface area contributed by atoms with Gasteiger partial charge in [-0.25, -0.2) is 32.4 Å². The SMILES string of the molecule is C.CC.CC.CC(=O)O.Cc1c(C)[n+](C)c(C)n1C.Cc1c[n+](C)cn1C.Cc1cc[c-]cc1.Cc1n(C)cc[n+]1C.Cc1nccn1C.[Y]. The van der Waals surface area contributed by atoms with Gasteiger partial charge in [-0.1, -0.05) is 42.0 Å². The van der Waals surface area contributed by atoms with Gasteiger partial charge in [0.2, 0.25) is 6.33 Å². The fourth-order valence-corrected chi connectivity index (χ4v) is 3.55. The molecule has 0 spiro atoms. The van der Waals surface area contributed by atoms with Gasteiger partial charge in [-0.05, 0) is 6.92 Å². The third kappa shape index (κ3) is 23.9. The van der Waals surface area contributed by atoms with Crippen LogP contribution in [0.25, 0.3) is 0 Å². The average molecular weight is 774 g/mol. The van der Waals surface area contributed by atoms with E-state index in [0.29, 0.717) is 0 Å². The predicted molar refractivity (Wildman–Crippen MR) is 204 cm³/mol. The second kappa shape index (κ2) is 31.6. The number of rotatable bonds is 0. The third-order valence-electron chi connectivity index (χ3n) is 7.28. The van der Waals surface area contributed by atoms with Gasteiger partial charge in [0.1, 0.15) is 41.5 Å². The quantitative estimate of drug-likeness (QED) is 0.146. The van der Waals surface area contributed by atoms with Crippen molar-refractivity contribution in [1.82, 2.24) is 23.3 Å². The number of carbonyl (C=O) groups is 1. The summed E-state index contributed by atoms with van der Waals surface area (Å²) < 4.78 is 14.7. The zero-order valence-corrected chi connectivity index (χ0v) is 37.1. The second-order valence-corrected chi connectivity index (χ2v) is 10.7. The molecular formula is C39H72N8O2Y+2. The van der Waals surface area contributed by atoms with Crippen molar-refractivity contribution in [2.24, 2.45) is 49.3 Å². The number of carboxylic acids is 1. The molecule has 0 aliphatic carbocycles. The summed E-state index contributed by atoms with van der Waals surface area (Å²) in [5.41, 5.74) is 5.27. The molecule has 0 unspecified atom stereocenters. The summed E-state index contributed by atoms with van der Waals surface area (Å²) in [7, 11) is 14.3. The maximum absolute atomic E-state index is 9.00. The van der Waals surface area contributed by atoms with Crippen molar-refractivity contribution in [3.63, 3.8) is 0 Å². The van der Waals surface area contributed by atoms with Crippen LogP contribution in [0.1, 0.15) is 82.2 Å². The van der Waals surface area contributed by atoms with Crippen molar-refractivity contribution >= 4 is 5.97 Å². The Morgan fingerprint density at radius 3 is 1.40 bits per heavy atom. The van der Waals surface area contributed by atoms with Crippen LogP contribution in [0, 0.1) is 54.5 Å². The molecule has 4 heterocycles. The fraction of sp³-hybridized carbons (Fsp3) is 0.513. The molecule has 281 valence electrons. The Bertz CT molecular complexity index is 1410. The molecule has 0 atom stereocenters. The second-order valence-electron chi connectivity index (χ2n) is 10.7. The minimum atomic E-state index is -0.833. The van der Waals surface area contributed by atoms with E-state index in [9.17, 15) is 0 Å². The summed E-state index contributed by atoms with van der Waals surface area (Å²) in [6.45, 7) is 23.7. The summed E-state index contributed by atoms with van der Waals surface area (Å²) in [5.74, 6) is 2.79. The molecule has 10 nitrogen and oxygen atoms in total. The Balaban J connectivity index is -0.000000160. The Labute approximate surface area is 331 Å². The number of aliphatic carboxylic acids is 1. The molecule has 11 heteroatoms. The third-order valence-corrected chi connectivity index (χ3v) is 7.28. The molecule has 0 fully saturated rings. The maximum atomic E-state index is 9.00. The Hall–Kier alpha value is -3.37. The molecule has 0 bridgehead atoms. The zero-order chi connectivity index (χ0) is 38.1. The Morgan fingerprint density at radius 2 is 1.28 bits per heavy atom. The Morgan fingerprint density at radius 1 is 0.800 bits per heavy atom. The van der Waals surface area contributed by atoms with E-state index in [-0.39, 0.29) is 40.1 Å². The van der Waals surface area contributed by atoms with Gasteiger partial charge in [-0.15, -0.1) is 0 Å². The minimum absolute atomic E-state index is 0. The largest absolute Gasteiger partial charge is 0.481 e. The van der Waals surface area contributed by atoms with E-state index in [2.05, 4.69) is 95.7 Å². The van der Waals surface area contributed by atoms with Crippen LogP contribution in [0.4, 0.5) is 0 Å². The molecule has 5 aromatic rings. The molecule has 1 aromatic carbocycles. The molecule has 1 N–H and O–H groups in total. The molecule has 5 rings (SSSR count). The predicted octanol–water partition coefficient (Wildman–Crippen LogP) is 6.39. The molecule has 0 aliphatic rings. The van der Waals surface area contributed by atoms with Crippen LogP contribution in [0.2, 0.25) is 0 Å². The number of nitrogens with zero attached hydrogens (tertiary/aromatic N) is 8. The van der Waals surface area contributed by atoms with Crippen molar-refractivity contribution in [2.75, 3.05) is 0 Å². The van der Waals surface area contributed by atoms with E-state index in [1.807, 2.05) is 128 Å². The van der Waals surface area contributed by atoms with E-state index < -0.39 is 5.97 Å². The molecule has 0 saturated carbocycles. The van der Waals surface area contributed by atoms with Crippen LogP contribution in [0.5, 0.6) is 0 Å². The van der Waals surface area contributed by atoms with Crippen molar-refractivity contribution in [3.8, 4) is 0 Å². The van der Waals surface area contributed by atoms with Gasteiger partial charge >= 0.3 is 0 Å². The van der Waals surface area contributed by atoms with Gasteiger partial charge in [0, 0.05) is 93.7 Å². The van der Waals surface area contributed by atoms with Crippen LogP contribution in [-0.4, -0.2) is 34.3 Å². The standard InChI is InChI=1S/C8H15N2.C7H7.2C6H11N2.C5H8N2.C2H4O2.2C2H6.CH4.Y/c1-6-7(2)10(5)8(3)9(6)4;1-7-5-3-2-4-6-7;1-6-4-7(2)5-8(6)3;1-6-7(2)4-5-8(6)3;1-5-6-3-4-7(5)2;1-2(3)4;2*1-2;;/h1-5H3;3-6H,1H3;2*4-5H,1-3H3;3-4H,1-2H3;1H3,(H,3,4);2*1-2H3;1H4;/q+1;-1;2*+1;;;;;;. The number of carboxylic acid groups (broad SMARTS) is 1. The van der Waals surface area contributed by atoms with E-state index in [0.717, 1.165) is 12.7 Å². The van der Waals surface area contributed by atoms with Gasteiger partial charge in [0.25, 0.3) is 17.6 Å². The van der Waals surface area contributed by atoms with Gasteiger partial charge in [-0.3, -0.25) is 4.79 Å². The topological polar surface area (TPSA) is 81.6 Å². The summed E-state index contributed by atoms with van der Waals surface area (Å²) in [6.07, 6.45) is 11.9. The molecule has 50 heavy (non-hydrogen) atoms. The van der Waals surface area contributed by atoms with Crippen molar-refractivity contribution in [2.45, 2.75) is 90.5 Å². The molecule has 0 aliphatic heterocycles. The number of aryl methyl sites for hydroxylation is 8. The molecular weight excluding hydrogens is 701 g/mol. The van der Waals surface area contributed by atoms with Crippen molar-refractivity contribution < 1.29 is 56.3 Å². The van der Waals surface area contributed by atoms with E-state index in [1.165, 1.54) is 34.3 Å².